The molecular weight excluding hydrogens is 431 g/mol. The zero-order chi connectivity index (χ0) is 23.8. The van der Waals surface area contributed by atoms with E-state index >= 15 is 0 Å². The van der Waals surface area contributed by atoms with Crippen LogP contribution < -0.4 is 4.90 Å². The summed E-state index contributed by atoms with van der Waals surface area (Å²) >= 11 is 0. The number of aliphatic hydroxyl groups is 1. The number of hydrogen-bond acceptors (Lipinski definition) is 4. The first-order chi connectivity index (χ1) is 15.6. The van der Waals surface area contributed by atoms with Gasteiger partial charge in [0.25, 0.3) is 5.91 Å². The van der Waals surface area contributed by atoms with Gasteiger partial charge < -0.3 is 14.9 Å². The summed E-state index contributed by atoms with van der Waals surface area (Å²) in [6.45, 7) is 2.27. The van der Waals surface area contributed by atoms with E-state index in [9.17, 15) is 23.1 Å². The summed E-state index contributed by atoms with van der Waals surface area (Å²) in [6.07, 6.45) is -1.35. The summed E-state index contributed by atoms with van der Waals surface area (Å²) in [7, 11) is 0. The van der Waals surface area contributed by atoms with Crippen molar-refractivity contribution in [3.8, 4) is 6.07 Å². The molecule has 33 heavy (non-hydrogen) atoms. The van der Waals surface area contributed by atoms with Crippen molar-refractivity contribution in [2.24, 2.45) is 0 Å². The summed E-state index contributed by atoms with van der Waals surface area (Å²) in [5.41, 5.74) is -1.27. The number of carbonyl (C=O) groups excluding carboxylic acids is 1. The maximum Gasteiger partial charge on any atom is 0.421 e. The molecule has 2 aromatic carbocycles. The van der Waals surface area contributed by atoms with Crippen molar-refractivity contribution in [1.82, 2.24) is 4.90 Å². The van der Waals surface area contributed by atoms with Gasteiger partial charge in [-0.3, -0.25) is 4.79 Å². The monoisotopic (exact) mass is 457 g/mol. The molecule has 1 N–H and O–H groups in total. The summed E-state index contributed by atoms with van der Waals surface area (Å²) in [5.74, 6) is -0.174. The lowest BCUT2D eigenvalue weighted by molar-refractivity contribution is -0.258. The molecule has 4 rings (SSSR count). The third-order valence-electron chi connectivity index (χ3n) is 6.64. The van der Waals surface area contributed by atoms with Crippen molar-refractivity contribution < 1.29 is 23.1 Å². The second kappa shape index (κ2) is 8.71. The summed E-state index contributed by atoms with van der Waals surface area (Å²) < 4.78 is 39.3. The van der Waals surface area contributed by atoms with E-state index in [-0.39, 0.29) is 23.6 Å². The lowest BCUT2D eigenvalue weighted by Crippen LogP contribution is -2.48. The van der Waals surface area contributed by atoms with Crippen LogP contribution in [0.3, 0.4) is 0 Å². The quantitative estimate of drug-likeness (QED) is 0.713. The molecule has 1 aliphatic carbocycles. The van der Waals surface area contributed by atoms with Crippen LogP contribution in [0.2, 0.25) is 0 Å². The first-order valence-electron chi connectivity index (χ1n) is 11.1. The van der Waals surface area contributed by atoms with Crippen molar-refractivity contribution in [3.05, 3.63) is 65.2 Å². The predicted octanol–water partition coefficient (Wildman–Crippen LogP) is 4.60. The Kier molecular flexibility index (Phi) is 6.10. The van der Waals surface area contributed by atoms with Crippen LogP contribution in [0.15, 0.2) is 48.5 Å². The minimum absolute atomic E-state index is 0.0672. The number of piperidine rings is 1. The molecule has 0 radical (unpaired) electrons. The minimum Gasteiger partial charge on any atom is -0.376 e. The minimum atomic E-state index is -4.80. The van der Waals surface area contributed by atoms with Crippen LogP contribution >= 0.6 is 0 Å². The molecule has 1 atom stereocenters. The Labute approximate surface area is 191 Å². The van der Waals surface area contributed by atoms with E-state index in [1.165, 1.54) is 24.3 Å². The molecule has 1 heterocycles. The number of benzene rings is 2. The molecule has 2 aliphatic rings. The Morgan fingerprint density at radius 3 is 2.03 bits per heavy atom. The van der Waals surface area contributed by atoms with Gasteiger partial charge in [-0.05, 0) is 74.6 Å². The largest absolute Gasteiger partial charge is 0.421 e. The fraction of sp³-hybridized carbons (Fsp3) is 0.440. The summed E-state index contributed by atoms with van der Waals surface area (Å²) in [6, 6.07) is 14.9. The summed E-state index contributed by atoms with van der Waals surface area (Å²) in [5, 5.41) is 18.8. The van der Waals surface area contributed by atoms with Crippen molar-refractivity contribution >= 4 is 11.6 Å². The maximum absolute atomic E-state index is 13.3. The third-order valence-corrected chi connectivity index (χ3v) is 6.64. The second-order valence-corrected chi connectivity index (χ2v) is 8.97. The molecule has 1 saturated carbocycles. The van der Waals surface area contributed by atoms with Crippen LogP contribution in [0.25, 0.3) is 0 Å². The number of nitrogens with zero attached hydrogens (tertiary/aromatic N) is 3. The molecule has 174 valence electrons. The average molecular weight is 457 g/mol. The zero-order valence-corrected chi connectivity index (χ0v) is 18.3. The number of nitriles is 1. The van der Waals surface area contributed by atoms with Crippen LogP contribution in [-0.4, -0.2) is 47.3 Å². The highest BCUT2D eigenvalue weighted by atomic mass is 19.4. The van der Waals surface area contributed by atoms with E-state index in [1.807, 2.05) is 17.0 Å². The van der Waals surface area contributed by atoms with Crippen LogP contribution in [0.5, 0.6) is 0 Å². The second-order valence-electron chi connectivity index (χ2n) is 8.97. The number of anilines is 1. The molecule has 0 aromatic heterocycles. The lowest BCUT2D eigenvalue weighted by atomic mass is 9.94. The van der Waals surface area contributed by atoms with Crippen molar-refractivity contribution in [1.29, 1.82) is 5.26 Å². The van der Waals surface area contributed by atoms with E-state index in [1.54, 1.807) is 12.1 Å². The van der Waals surface area contributed by atoms with Crippen molar-refractivity contribution in [2.45, 2.75) is 56.5 Å². The molecule has 1 saturated heterocycles. The fourth-order valence-corrected chi connectivity index (χ4v) is 4.38. The van der Waals surface area contributed by atoms with Crippen molar-refractivity contribution in [2.75, 3.05) is 18.0 Å². The van der Waals surface area contributed by atoms with E-state index in [0.29, 0.717) is 18.1 Å². The van der Waals surface area contributed by atoms with Gasteiger partial charge >= 0.3 is 6.18 Å². The highest BCUT2D eigenvalue weighted by molar-refractivity contribution is 5.95. The average Bonchev–Trinajstić information content (AvgIpc) is 3.64. The third kappa shape index (κ3) is 4.69. The molecule has 8 heteroatoms. The van der Waals surface area contributed by atoms with Crippen LogP contribution in [0.4, 0.5) is 18.9 Å². The van der Waals surface area contributed by atoms with Gasteiger partial charge in [-0.15, -0.1) is 0 Å². The van der Waals surface area contributed by atoms with Gasteiger partial charge in [-0.2, -0.15) is 18.4 Å². The maximum atomic E-state index is 13.3. The Balaban J connectivity index is 1.45. The van der Waals surface area contributed by atoms with E-state index in [4.69, 9.17) is 5.26 Å². The van der Waals surface area contributed by atoms with Crippen LogP contribution in [0, 0.1) is 11.3 Å². The first-order valence-corrected chi connectivity index (χ1v) is 11.1. The van der Waals surface area contributed by atoms with Crippen molar-refractivity contribution in [3.63, 3.8) is 0 Å². The highest BCUT2D eigenvalue weighted by Gasteiger charge is 2.51. The van der Waals surface area contributed by atoms with E-state index in [2.05, 4.69) is 11.0 Å². The molecule has 1 amide bonds. The van der Waals surface area contributed by atoms with Gasteiger partial charge in [0, 0.05) is 36.4 Å². The van der Waals surface area contributed by atoms with Gasteiger partial charge in [0.15, 0.2) is 5.60 Å². The smallest absolute Gasteiger partial charge is 0.376 e. The number of carbonyl (C=O) groups is 1. The standard InChI is InChI=1S/C25H26F3N3O2/c1-24(33,25(26,27)28)19-6-4-18(5-7-19)23(32)31(21-10-11-21)22-12-14-30(15-13-22)20-8-2-17(16-29)3-9-20/h2-9,21-22,33H,10-15H2,1H3/t24-/m0/s1. The highest BCUT2D eigenvalue weighted by Crippen LogP contribution is 2.39. The van der Waals surface area contributed by atoms with E-state index in [0.717, 1.165) is 44.5 Å². The first kappa shape index (κ1) is 23.1. The molecule has 5 nitrogen and oxygen atoms in total. The van der Waals surface area contributed by atoms with Crippen LogP contribution in [-0.2, 0) is 5.60 Å². The lowest BCUT2D eigenvalue weighted by Gasteiger charge is -2.40. The topological polar surface area (TPSA) is 67.6 Å². The molecule has 2 aromatic rings. The molecule has 0 bridgehead atoms. The zero-order valence-electron chi connectivity index (χ0n) is 18.3. The Morgan fingerprint density at radius 1 is 1.00 bits per heavy atom. The van der Waals surface area contributed by atoms with Gasteiger partial charge in [-0.25, -0.2) is 0 Å². The summed E-state index contributed by atoms with van der Waals surface area (Å²) in [4.78, 5) is 17.4. The number of hydrogen-bond donors (Lipinski definition) is 1. The van der Waals surface area contributed by atoms with E-state index < -0.39 is 11.8 Å². The SMILES string of the molecule is C[C@](O)(c1ccc(C(=O)N(C2CC2)C2CCN(c3ccc(C#N)cc3)CC2)cc1)C(F)(F)F. The number of rotatable bonds is 5. The molecule has 0 spiro atoms. The fourth-order valence-electron chi connectivity index (χ4n) is 4.38. The molecular formula is C25H26F3N3O2. The number of amides is 1. The van der Waals surface area contributed by atoms with Gasteiger partial charge in [-0.1, -0.05) is 12.1 Å². The van der Waals surface area contributed by atoms with Gasteiger partial charge in [0.2, 0.25) is 0 Å². The normalized spacial score (nSPS) is 19.0. The van der Waals surface area contributed by atoms with Gasteiger partial charge in [0.1, 0.15) is 0 Å². The number of alkyl halides is 3. The number of halogens is 3. The molecule has 2 fully saturated rings. The molecule has 0 unspecified atom stereocenters. The Bertz CT molecular complexity index is 1030. The Hall–Kier alpha value is -3.05. The molecule has 1 aliphatic heterocycles. The van der Waals surface area contributed by atoms with Crippen LogP contribution in [0.1, 0.15) is 54.1 Å². The Morgan fingerprint density at radius 2 is 1.55 bits per heavy atom. The van der Waals surface area contributed by atoms with Gasteiger partial charge in [0.05, 0.1) is 11.6 Å². The predicted molar refractivity (Wildman–Crippen MR) is 118 cm³/mol.